The topological polar surface area (TPSA) is 133 Å². The number of ether oxygens (including phenoxy) is 4. The minimum Gasteiger partial charge on any atom is -0.497 e. The molecule has 1 N–H and O–H groups in total. The number of fused-ring (bicyclic) bond motifs is 1. The SMILES string of the molecule is CCOc1ccc(S(=O)(=O)N(C)c2ccc(OCC(=O)OCC(=O)Nc3nc4ccc(OC)cc4s3)cc2)cc1. The Hall–Kier alpha value is -4.36. The molecule has 11 nitrogen and oxygen atoms in total. The molecule has 1 aromatic heterocycles. The van der Waals surface area contributed by atoms with Crippen molar-refractivity contribution in [3.05, 3.63) is 66.7 Å². The Kier molecular flexibility index (Phi) is 9.07. The number of benzene rings is 3. The van der Waals surface area contributed by atoms with Gasteiger partial charge in [0.05, 0.1) is 34.5 Å². The molecule has 0 saturated heterocycles. The highest BCUT2D eigenvalue weighted by atomic mass is 32.2. The molecule has 0 aliphatic carbocycles. The zero-order chi connectivity index (χ0) is 28.7. The molecule has 0 fully saturated rings. The third kappa shape index (κ3) is 6.98. The van der Waals surface area contributed by atoms with Gasteiger partial charge in [0.15, 0.2) is 18.3 Å². The first-order chi connectivity index (χ1) is 19.2. The van der Waals surface area contributed by atoms with E-state index in [4.69, 9.17) is 18.9 Å². The Bertz CT molecular complexity index is 1590. The lowest BCUT2D eigenvalue weighted by Crippen LogP contribution is -2.26. The van der Waals surface area contributed by atoms with Crippen LogP contribution in [0.3, 0.4) is 0 Å². The van der Waals surface area contributed by atoms with E-state index in [0.29, 0.717) is 40.2 Å². The normalized spacial score (nSPS) is 11.1. The summed E-state index contributed by atoms with van der Waals surface area (Å²) in [6, 6.07) is 17.7. The lowest BCUT2D eigenvalue weighted by Gasteiger charge is -2.20. The van der Waals surface area contributed by atoms with Crippen molar-refractivity contribution in [2.45, 2.75) is 11.8 Å². The van der Waals surface area contributed by atoms with Gasteiger partial charge < -0.3 is 18.9 Å². The molecule has 210 valence electrons. The van der Waals surface area contributed by atoms with Crippen LogP contribution in [0.1, 0.15) is 6.92 Å². The summed E-state index contributed by atoms with van der Waals surface area (Å²) < 4.78 is 48.8. The summed E-state index contributed by atoms with van der Waals surface area (Å²) in [7, 11) is -0.791. The molecular weight excluding hydrogens is 558 g/mol. The number of esters is 1. The van der Waals surface area contributed by atoms with Crippen LogP contribution in [0.15, 0.2) is 71.6 Å². The number of thiazole rings is 1. The van der Waals surface area contributed by atoms with Gasteiger partial charge in [-0.2, -0.15) is 0 Å². The van der Waals surface area contributed by atoms with E-state index in [1.165, 1.54) is 42.6 Å². The molecule has 0 atom stereocenters. The van der Waals surface area contributed by atoms with Crippen molar-refractivity contribution in [1.29, 1.82) is 0 Å². The van der Waals surface area contributed by atoms with Crippen LogP contribution >= 0.6 is 11.3 Å². The van der Waals surface area contributed by atoms with E-state index in [0.717, 1.165) is 9.01 Å². The summed E-state index contributed by atoms with van der Waals surface area (Å²) in [5, 5.41) is 2.97. The number of rotatable bonds is 12. The van der Waals surface area contributed by atoms with Crippen molar-refractivity contribution in [3.63, 3.8) is 0 Å². The molecule has 1 heterocycles. The Labute approximate surface area is 235 Å². The summed E-state index contributed by atoms with van der Waals surface area (Å²) in [6.45, 7) is 1.38. The fraction of sp³-hybridized carbons (Fsp3) is 0.222. The predicted molar refractivity (Wildman–Crippen MR) is 151 cm³/mol. The molecule has 1 amide bonds. The molecule has 40 heavy (non-hydrogen) atoms. The number of methoxy groups -OCH3 is 1. The standard InChI is InChI=1S/C27H27N3O8S2/c1-4-36-19-9-12-22(13-10-19)40(33,34)30(2)18-5-7-20(8-6-18)37-17-26(32)38-16-25(31)29-27-28-23-14-11-21(35-3)15-24(23)39-27/h5-15H,4,16-17H2,1-3H3,(H,28,29,31). The van der Waals surface area contributed by atoms with E-state index >= 15 is 0 Å². The number of sulfonamides is 1. The van der Waals surface area contributed by atoms with E-state index in [1.807, 2.05) is 13.0 Å². The van der Waals surface area contributed by atoms with E-state index in [2.05, 4.69) is 10.3 Å². The average molecular weight is 586 g/mol. The van der Waals surface area contributed by atoms with Crippen molar-refractivity contribution in [2.75, 3.05) is 43.6 Å². The van der Waals surface area contributed by atoms with E-state index in [9.17, 15) is 18.0 Å². The quantitative estimate of drug-likeness (QED) is 0.244. The van der Waals surface area contributed by atoms with Crippen molar-refractivity contribution >= 4 is 54.3 Å². The number of hydrogen-bond acceptors (Lipinski definition) is 10. The van der Waals surface area contributed by atoms with E-state index in [-0.39, 0.29) is 4.90 Å². The highest BCUT2D eigenvalue weighted by Gasteiger charge is 2.21. The summed E-state index contributed by atoms with van der Waals surface area (Å²) in [5.74, 6) is 0.295. The predicted octanol–water partition coefficient (Wildman–Crippen LogP) is 4.09. The molecule has 0 bridgehead atoms. The zero-order valence-electron chi connectivity index (χ0n) is 21.9. The van der Waals surface area contributed by atoms with Crippen molar-refractivity contribution in [2.24, 2.45) is 0 Å². The zero-order valence-corrected chi connectivity index (χ0v) is 23.6. The Morgan fingerprint density at radius 2 is 1.57 bits per heavy atom. The number of nitrogens with zero attached hydrogens (tertiary/aromatic N) is 2. The summed E-state index contributed by atoms with van der Waals surface area (Å²) in [5.41, 5.74) is 1.10. The summed E-state index contributed by atoms with van der Waals surface area (Å²) in [6.07, 6.45) is 0. The monoisotopic (exact) mass is 585 g/mol. The van der Waals surface area contributed by atoms with Gasteiger partial charge in [-0.05, 0) is 73.7 Å². The number of carbonyl (C=O) groups excluding carboxylic acids is 2. The molecule has 3 aromatic carbocycles. The Balaban J connectivity index is 1.25. The fourth-order valence-corrected chi connectivity index (χ4v) is 5.60. The maximum Gasteiger partial charge on any atom is 0.344 e. The van der Waals surface area contributed by atoms with Crippen molar-refractivity contribution in [3.8, 4) is 17.2 Å². The largest absolute Gasteiger partial charge is 0.497 e. The van der Waals surface area contributed by atoms with Crippen molar-refractivity contribution < 1.29 is 37.0 Å². The molecule has 0 spiro atoms. The molecule has 0 saturated carbocycles. The summed E-state index contributed by atoms with van der Waals surface area (Å²) in [4.78, 5) is 28.7. The fourth-order valence-electron chi connectivity index (χ4n) is 3.49. The van der Waals surface area contributed by atoms with Gasteiger partial charge in [-0.25, -0.2) is 18.2 Å². The van der Waals surface area contributed by atoms with Crippen LogP contribution in [0.2, 0.25) is 0 Å². The molecule has 4 aromatic rings. The molecule has 4 rings (SSSR count). The molecule has 0 aliphatic heterocycles. The van der Waals surface area contributed by atoms with Crippen LogP contribution < -0.4 is 23.8 Å². The highest BCUT2D eigenvalue weighted by molar-refractivity contribution is 7.92. The first-order valence-electron chi connectivity index (χ1n) is 12.0. The van der Waals surface area contributed by atoms with E-state index in [1.54, 1.807) is 43.5 Å². The lowest BCUT2D eigenvalue weighted by molar-refractivity contribution is -0.149. The molecular formula is C27H27N3O8S2. The minimum atomic E-state index is -3.80. The number of carbonyl (C=O) groups is 2. The first kappa shape index (κ1) is 28.6. The van der Waals surface area contributed by atoms with Crippen LogP contribution in [0.4, 0.5) is 10.8 Å². The van der Waals surface area contributed by atoms with Gasteiger partial charge in [0, 0.05) is 7.05 Å². The third-order valence-electron chi connectivity index (χ3n) is 5.56. The second-order valence-corrected chi connectivity index (χ2v) is 11.2. The number of anilines is 2. The lowest BCUT2D eigenvalue weighted by atomic mass is 10.3. The van der Waals surface area contributed by atoms with Crippen LogP contribution in [0, 0.1) is 0 Å². The van der Waals surface area contributed by atoms with Gasteiger partial charge in [0.1, 0.15) is 17.2 Å². The molecule has 0 radical (unpaired) electrons. The first-order valence-corrected chi connectivity index (χ1v) is 14.3. The van der Waals surface area contributed by atoms with Gasteiger partial charge >= 0.3 is 5.97 Å². The molecule has 13 heteroatoms. The van der Waals surface area contributed by atoms with E-state index < -0.39 is 35.1 Å². The highest BCUT2D eigenvalue weighted by Crippen LogP contribution is 2.29. The minimum absolute atomic E-state index is 0.119. The number of amides is 1. The number of aromatic nitrogens is 1. The Morgan fingerprint density at radius 1 is 0.925 bits per heavy atom. The van der Waals surface area contributed by atoms with Gasteiger partial charge in [-0.3, -0.25) is 14.4 Å². The van der Waals surface area contributed by atoms with Crippen LogP contribution in [0.25, 0.3) is 10.2 Å². The van der Waals surface area contributed by atoms with Gasteiger partial charge in [0.2, 0.25) is 0 Å². The Morgan fingerprint density at radius 3 is 2.25 bits per heavy atom. The molecule has 0 aliphatic rings. The maximum atomic E-state index is 13.0. The average Bonchev–Trinajstić information content (AvgIpc) is 3.36. The smallest absolute Gasteiger partial charge is 0.344 e. The van der Waals surface area contributed by atoms with Gasteiger partial charge in [-0.15, -0.1) is 0 Å². The molecule has 0 unspecified atom stereocenters. The second-order valence-electron chi connectivity index (χ2n) is 8.22. The van der Waals surface area contributed by atoms with Crippen LogP contribution in [0.5, 0.6) is 17.2 Å². The second kappa shape index (κ2) is 12.7. The van der Waals surface area contributed by atoms with Crippen molar-refractivity contribution in [1.82, 2.24) is 4.98 Å². The third-order valence-corrected chi connectivity index (χ3v) is 8.29. The van der Waals surface area contributed by atoms with Crippen LogP contribution in [-0.2, 0) is 24.3 Å². The maximum absolute atomic E-state index is 13.0. The number of hydrogen-bond donors (Lipinski definition) is 1. The van der Waals surface area contributed by atoms with Gasteiger partial charge in [-0.1, -0.05) is 11.3 Å². The number of nitrogens with one attached hydrogen (secondary N) is 1. The van der Waals surface area contributed by atoms with Gasteiger partial charge in [0.25, 0.3) is 15.9 Å². The summed E-state index contributed by atoms with van der Waals surface area (Å²) >= 11 is 1.27. The van der Waals surface area contributed by atoms with Crippen LogP contribution in [-0.4, -0.2) is 59.3 Å².